The monoisotopic (exact) mass is 798 g/mol. The molecule has 2 aromatic heterocycles. The number of rotatable bonds is 4. The van der Waals surface area contributed by atoms with Gasteiger partial charge in [0.25, 0.3) is 0 Å². The van der Waals surface area contributed by atoms with Gasteiger partial charge in [0, 0.05) is 32.9 Å². The van der Waals surface area contributed by atoms with E-state index in [1.54, 1.807) is 0 Å². The number of para-hydroxylation sites is 2. The van der Waals surface area contributed by atoms with Crippen LogP contribution >= 0.6 is 0 Å². The molecular weight excluding hydrogens is 761 g/mol. The molecular formula is C61H38N2. The molecule has 0 atom stereocenters. The van der Waals surface area contributed by atoms with Crippen molar-refractivity contribution in [1.29, 1.82) is 0 Å². The average molecular weight is 799 g/mol. The third kappa shape index (κ3) is 4.67. The summed E-state index contributed by atoms with van der Waals surface area (Å²) in [5.41, 5.74) is 22.3. The number of benzene rings is 10. The summed E-state index contributed by atoms with van der Waals surface area (Å²) in [6.45, 7) is 0. The summed E-state index contributed by atoms with van der Waals surface area (Å²) < 4.78 is 4.92. The lowest BCUT2D eigenvalue weighted by Gasteiger charge is -2.30. The zero-order valence-electron chi connectivity index (χ0n) is 34.3. The van der Waals surface area contributed by atoms with Crippen molar-refractivity contribution in [2.45, 2.75) is 5.41 Å². The Labute approximate surface area is 365 Å². The molecule has 0 amide bonds. The molecule has 2 nitrogen and oxygen atoms in total. The van der Waals surface area contributed by atoms with Crippen molar-refractivity contribution in [2.24, 2.45) is 0 Å². The van der Waals surface area contributed by atoms with Crippen LogP contribution in [0.2, 0.25) is 0 Å². The van der Waals surface area contributed by atoms with Gasteiger partial charge >= 0.3 is 0 Å². The van der Waals surface area contributed by atoms with E-state index in [0.717, 1.165) is 5.69 Å². The molecule has 10 aromatic carbocycles. The minimum atomic E-state index is -0.398. The molecule has 292 valence electrons. The SMILES string of the molecule is c1ccc(-c2cccc(-n3c4ccccc4c4ccc(-c5ccc6c(c5)c5ccccc5n6-c5ccc6c(c5)C5(c7ccccc7-c7ccccc75)c5ccccc5-6)cc43)c2)cc1. The summed E-state index contributed by atoms with van der Waals surface area (Å²) in [5, 5.41) is 5.00. The van der Waals surface area contributed by atoms with Gasteiger partial charge in [0.1, 0.15) is 0 Å². The van der Waals surface area contributed by atoms with Gasteiger partial charge in [0.15, 0.2) is 0 Å². The molecule has 14 rings (SSSR count). The van der Waals surface area contributed by atoms with E-state index in [1.165, 1.54) is 116 Å². The van der Waals surface area contributed by atoms with Crippen LogP contribution in [0, 0.1) is 0 Å². The molecule has 0 radical (unpaired) electrons. The van der Waals surface area contributed by atoms with Gasteiger partial charge in [-0.1, -0.05) is 176 Å². The largest absolute Gasteiger partial charge is 0.309 e. The second kappa shape index (κ2) is 12.9. The molecule has 0 unspecified atom stereocenters. The Kier molecular flexibility index (Phi) is 7.07. The summed E-state index contributed by atoms with van der Waals surface area (Å²) in [6.07, 6.45) is 0. The number of aromatic nitrogens is 2. The first-order valence-corrected chi connectivity index (χ1v) is 21.9. The minimum absolute atomic E-state index is 0.398. The van der Waals surface area contributed by atoms with Crippen LogP contribution in [0.3, 0.4) is 0 Å². The summed E-state index contributed by atoms with van der Waals surface area (Å²) >= 11 is 0. The van der Waals surface area contributed by atoms with Crippen LogP contribution in [0.25, 0.3) is 99.5 Å². The van der Waals surface area contributed by atoms with Crippen LogP contribution in [0.5, 0.6) is 0 Å². The first kappa shape index (κ1) is 34.5. The Morgan fingerprint density at radius 3 is 1.41 bits per heavy atom. The quantitative estimate of drug-likeness (QED) is 0.168. The second-order valence-corrected chi connectivity index (χ2v) is 17.2. The smallest absolute Gasteiger partial charge is 0.0726 e. The molecule has 0 saturated heterocycles. The fourth-order valence-corrected chi connectivity index (χ4v) is 11.5. The van der Waals surface area contributed by atoms with Crippen molar-refractivity contribution in [3.05, 3.63) is 253 Å². The lowest BCUT2D eigenvalue weighted by atomic mass is 9.70. The molecule has 2 heterocycles. The van der Waals surface area contributed by atoms with Crippen LogP contribution in [0.4, 0.5) is 0 Å². The van der Waals surface area contributed by atoms with E-state index < -0.39 is 5.41 Å². The summed E-state index contributed by atoms with van der Waals surface area (Å²) in [4.78, 5) is 0. The van der Waals surface area contributed by atoms with E-state index in [9.17, 15) is 0 Å². The molecule has 2 aliphatic carbocycles. The molecule has 2 heteroatoms. The highest BCUT2D eigenvalue weighted by molar-refractivity contribution is 6.12. The van der Waals surface area contributed by atoms with Crippen molar-refractivity contribution in [1.82, 2.24) is 9.13 Å². The van der Waals surface area contributed by atoms with Crippen LogP contribution in [-0.4, -0.2) is 9.13 Å². The number of hydrogen-bond donors (Lipinski definition) is 0. The molecule has 0 N–H and O–H groups in total. The summed E-state index contributed by atoms with van der Waals surface area (Å²) in [5.74, 6) is 0. The molecule has 0 aliphatic heterocycles. The van der Waals surface area contributed by atoms with E-state index in [1.807, 2.05) is 0 Å². The van der Waals surface area contributed by atoms with E-state index in [-0.39, 0.29) is 0 Å². The average Bonchev–Trinajstić information content (AvgIpc) is 4.06. The van der Waals surface area contributed by atoms with Crippen molar-refractivity contribution >= 4 is 43.6 Å². The van der Waals surface area contributed by atoms with Crippen molar-refractivity contribution in [2.75, 3.05) is 0 Å². The Hall–Kier alpha value is -8.20. The number of nitrogens with zero attached hydrogens (tertiary/aromatic N) is 2. The molecule has 0 fully saturated rings. The van der Waals surface area contributed by atoms with Gasteiger partial charge in [-0.15, -0.1) is 0 Å². The first-order chi connectivity index (χ1) is 31.3. The highest BCUT2D eigenvalue weighted by Crippen LogP contribution is 2.63. The molecule has 1 spiro atoms. The Balaban J connectivity index is 0.953. The maximum Gasteiger partial charge on any atom is 0.0726 e. The van der Waals surface area contributed by atoms with E-state index in [0.29, 0.717) is 0 Å². The maximum atomic E-state index is 2.49. The molecule has 12 aromatic rings. The van der Waals surface area contributed by atoms with Gasteiger partial charge in [0.2, 0.25) is 0 Å². The normalized spacial score (nSPS) is 13.2. The second-order valence-electron chi connectivity index (χ2n) is 17.2. The topological polar surface area (TPSA) is 9.86 Å². The zero-order chi connectivity index (χ0) is 41.2. The standard InChI is InChI=1S/C61H38N2/c1-2-15-39(16-3-1)40-17-14-18-43(35-40)63-57-27-12-7-22-49(57)51-32-29-42(37-60(51)63)41-30-34-59-52(36-41)50-23-8-13-28-58(50)62(59)44-31-33-48-47-21-6-11-26-55(47)61(56(48)38-44)53-24-9-4-19-45(53)46-20-5-10-25-54(46)61/h1-38H. The van der Waals surface area contributed by atoms with Crippen LogP contribution < -0.4 is 0 Å². The van der Waals surface area contributed by atoms with Gasteiger partial charge in [0.05, 0.1) is 27.5 Å². The zero-order valence-corrected chi connectivity index (χ0v) is 34.3. The predicted octanol–water partition coefficient (Wildman–Crippen LogP) is 15.6. The van der Waals surface area contributed by atoms with Gasteiger partial charge < -0.3 is 9.13 Å². The third-order valence-corrected chi connectivity index (χ3v) is 14.1. The highest BCUT2D eigenvalue weighted by Gasteiger charge is 2.51. The van der Waals surface area contributed by atoms with Crippen molar-refractivity contribution in [3.8, 4) is 55.9 Å². The van der Waals surface area contributed by atoms with Gasteiger partial charge in [-0.3, -0.25) is 0 Å². The lowest BCUT2D eigenvalue weighted by molar-refractivity contribution is 0.792. The van der Waals surface area contributed by atoms with Gasteiger partial charge in [-0.2, -0.15) is 0 Å². The predicted molar refractivity (Wildman–Crippen MR) is 262 cm³/mol. The van der Waals surface area contributed by atoms with Crippen LogP contribution in [0.15, 0.2) is 231 Å². The minimum Gasteiger partial charge on any atom is -0.309 e. The summed E-state index contributed by atoms with van der Waals surface area (Å²) in [7, 11) is 0. The molecule has 0 bridgehead atoms. The Morgan fingerprint density at radius 1 is 0.238 bits per heavy atom. The van der Waals surface area contributed by atoms with Crippen LogP contribution in [0.1, 0.15) is 22.3 Å². The Bertz CT molecular complexity index is 3800. The highest BCUT2D eigenvalue weighted by atomic mass is 15.0. The molecule has 63 heavy (non-hydrogen) atoms. The number of fused-ring (bicyclic) bond motifs is 16. The maximum absolute atomic E-state index is 2.49. The first-order valence-electron chi connectivity index (χ1n) is 21.9. The van der Waals surface area contributed by atoms with E-state index in [2.05, 4.69) is 240 Å². The molecule has 2 aliphatic rings. The van der Waals surface area contributed by atoms with Gasteiger partial charge in [-0.05, 0) is 121 Å². The fraction of sp³-hybridized carbons (Fsp3) is 0.0164. The van der Waals surface area contributed by atoms with Crippen molar-refractivity contribution < 1.29 is 0 Å². The fourth-order valence-electron chi connectivity index (χ4n) is 11.5. The molecule has 0 saturated carbocycles. The Morgan fingerprint density at radius 2 is 0.714 bits per heavy atom. The third-order valence-electron chi connectivity index (χ3n) is 14.1. The number of hydrogen-bond acceptors (Lipinski definition) is 0. The van der Waals surface area contributed by atoms with E-state index in [4.69, 9.17) is 0 Å². The lowest BCUT2D eigenvalue weighted by Crippen LogP contribution is -2.26. The van der Waals surface area contributed by atoms with E-state index >= 15 is 0 Å². The summed E-state index contributed by atoms with van der Waals surface area (Å²) in [6, 6.07) is 85.7. The van der Waals surface area contributed by atoms with Crippen LogP contribution in [-0.2, 0) is 5.41 Å². The van der Waals surface area contributed by atoms with Gasteiger partial charge in [-0.25, -0.2) is 0 Å². The van der Waals surface area contributed by atoms with Crippen molar-refractivity contribution in [3.63, 3.8) is 0 Å².